The van der Waals surface area contributed by atoms with Crippen LogP contribution in [0.4, 0.5) is 0 Å². The van der Waals surface area contributed by atoms with Gasteiger partial charge < -0.3 is 30.7 Å². The Morgan fingerprint density at radius 1 is 1.06 bits per heavy atom. The van der Waals surface area contributed by atoms with E-state index >= 15 is 0 Å². The summed E-state index contributed by atoms with van der Waals surface area (Å²) in [7, 11) is 0. The number of hydrogen-bond acceptors (Lipinski definition) is 10. The largest absolute Gasteiger partial charge is 0.480 e. The molecule has 0 bridgehead atoms. The molecule has 0 spiro atoms. The summed E-state index contributed by atoms with van der Waals surface area (Å²) < 4.78 is 5.23. The predicted molar refractivity (Wildman–Crippen MR) is 178 cm³/mol. The van der Waals surface area contributed by atoms with Crippen molar-refractivity contribution >= 4 is 47.1 Å². The molecule has 0 radical (unpaired) electrons. The fraction of sp³-hybridized carbons (Fsp3) is 0.771. The van der Waals surface area contributed by atoms with Crippen LogP contribution in [0, 0.1) is 34.5 Å². The number of aliphatic hydroxyl groups excluding tert-OH is 1. The average Bonchev–Trinajstić information content (AvgIpc) is 3.29. The van der Waals surface area contributed by atoms with Crippen LogP contribution in [-0.2, 0) is 33.5 Å². The van der Waals surface area contributed by atoms with E-state index < -0.39 is 65.3 Å². The molecule has 4 aliphatic rings. The van der Waals surface area contributed by atoms with Crippen LogP contribution in [0.5, 0.6) is 0 Å². The number of hydrogen-bond donors (Lipinski definition) is 5. The molecule has 48 heavy (non-hydrogen) atoms. The lowest BCUT2D eigenvalue weighted by molar-refractivity contribution is -0.184. The molecule has 12 nitrogen and oxygen atoms in total. The van der Waals surface area contributed by atoms with E-state index in [0.717, 1.165) is 18.4 Å². The summed E-state index contributed by atoms with van der Waals surface area (Å²) in [6, 6.07) is -2.11. The lowest BCUT2D eigenvalue weighted by atomic mass is 9.45. The van der Waals surface area contributed by atoms with E-state index in [1.807, 2.05) is 13.2 Å². The molecule has 268 valence electrons. The van der Waals surface area contributed by atoms with Crippen molar-refractivity contribution in [2.75, 3.05) is 18.6 Å². The van der Waals surface area contributed by atoms with Gasteiger partial charge in [-0.1, -0.05) is 33.3 Å². The van der Waals surface area contributed by atoms with E-state index in [1.54, 1.807) is 19.9 Å². The second-order valence-corrected chi connectivity index (χ2v) is 16.0. The number of fused-ring (bicyclic) bond motifs is 5. The molecule has 0 unspecified atom stereocenters. The highest BCUT2D eigenvalue weighted by atomic mass is 32.2. The Kier molecular flexibility index (Phi) is 11.9. The van der Waals surface area contributed by atoms with Gasteiger partial charge in [-0.2, -0.15) is 11.8 Å². The second kappa shape index (κ2) is 15.0. The Balaban J connectivity index is 1.31. The molecule has 4 aliphatic carbocycles. The van der Waals surface area contributed by atoms with Crippen LogP contribution in [0.3, 0.4) is 0 Å². The molecule has 0 aromatic carbocycles. The minimum atomic E-state index is -1.79. The molecule has 0 aromatic rings. The van der Waals surface area contributed by atoms with Crippen LogP contribution in [0.1, 0.15) is 91.9 Å². The molecule has 0 saturated heterocycles. The number of nitrogens with one attached hydrogen (secondary N) is 2. The van der Waals surface area contributed by atoms with Crippen LogP contribution in [-0.4, -0.2) is 93.0 Å². The number of aliphatic hydroxyl groups is 2. The fourth-order valence-electron chi connectivity index (χ4n) is 9.24. The van der Waals surface area contributed by atoms with Gasteiger partial charge in [0.1, 0.15) is 17.7 Å². The zero-order valence-corrected chi connectivity index (χ0v) is 29.5. The maximum absolute atomic E-state index is 13.5. The van der Waals surface area contributed by atoms with E-state index in [9.17, 15) is 44.1 Å². The van der Waals surface area contributed by atoms with Gasteiger partial charge in [0.05, 0.1) is 12.5 Å². The molecule has 0 heterocycles. The highest BCUT2D eigenvalue weighted by Gasteiger charge is 2.68. The highest BCUT2D eigenvalue weighted by molar-refractivity contribution is 7.98. The maximum Gasteiger partial charge on any atom is 0.326 e. The van der Waals surface area contributed by atoms with E-state index in [1.165, 1.54) is 11.8 Å². The van der Waals surface area contributed by atoms with Crippen LogP contribution >= 0.6 is 11.8 Å². The van der Waals surface area contributed by atoms with Gasteiger partial charge in [0.15, 0.2) is 12.4 Å². The third-order valence-corrected chi connectivity index (χ3v) is 12.6. The van der Waals surface area contributed by atoms with Gasteiger partial charge in [-0.25, -0.2) is 4.79 Å². The summed E-state index contributed by atoms with van der Waals surface area (Å²) in [5.74, 6) is -3.56. The van der Waals surface area contributed by atoms with E-state index in [2.05, 4.69) is 17.6 Å². The van der Waals surface area contributed by atoms with Crippen LogP contribution in [0.15, 0.2) is 11.6 Å². The van der Waals surface area contributed by atoms with Gasteiger partial charge in [0.25, 0.3) is 0 Å². The number of amides is 2. The van der Waals surface area contributed by atoms with Crippen molar-refractivity contribution in [2.24, 2.45) is 34.5 Å². The average molecular weight is 693 g/mol. The van der Waals surface area contributed by atoms with Gasteiger partial charge in [-0.15, -0.1) is 0 Å². The minimum Gasteiger partial charge on any atom is -0.480 e. The van der Waals surface area contributed by atoms with Crippen molar-refractivity contribution < 1.29 is 48.8 Å². The van der Waals surface area contributed by atoms with Crippen molar-refractivity contribution in [3.63, 3.8) is 0 Å². The molecular weight excluding hydrogens is 640 g/mol. The molecule has 3 saturated carbocycles. The van der Waals surface area contributed by atoms with Crippen LogP contribution < -0.4 is 10.6 Å². The van der Waals surface area contributed by atoms with Crippen molar-refractivity contribution in [1.29, 1.82) is 0 Å². The number of ether oxygens (including phenoxy) is 1. The fourth-order valence-corrected chi connectivity index (χ4v) is 9.71. The number of aliphatic carboxylic acids is 1. The molecule has 0 aromatic heterocycles. The lowest BCUT2D eigenvalue weighted by Crippen LogP contribution is -2.62. The number of rotatable bonds is 14. The quantitative estimate of drug-likeness (QED) is 0.168. The predicted octanol–water partition coefficient (Wildman–Crippen LogP) is 2.58. The number of carboxylic acid groups (broad SMARTS) is 1. The summed E-state index contributed by atoms with van der Waals surface area (Å²) in [5, 5.41) is 37.9. The molecular formula is C35H52N2O10S. The monoisotopic (exact) mass is 692 g/mol. The molecule has 0 aliphatic heterocycles. The van der Waals surface area contributed by atoms with Crippen molar-refractivity contribution in [1.82, 2.24) is 10.6 Å². The second-order valence-electron chi connectivity index (χ2n) is 15.0. The number of carboxylic acids is 1. The van der Waals surface area contributed by atoms with Crippen LogP contribution in [0.25, 0.3) is 0 Å². The van der Waals surface area contributed by atoms with E-state index in [4.69, 9.17) is 4.74 Å². The molecule has 9 atom stereocenters. The Hall–Kier alpha value is -2.77. The molecule has 13 heteroatoms. The first kappa shape index (κ1) is 38.0. The first-order chi connectivity index (χ1) is 22.5. The number of allylic oxidation sites excluding steroid dienone is 1. The highest BCUT2D eigenvalue weighted by Crippen LogP contribution is 2.67. The topological polar surface area (TPSA) is 196 Å². The minimum absolute atomic E-state index is 0.0161. The first-order valence-corrected chi connectivity index (χ1v) is 18.5. The van der Waals surface area contributed by atoms with E-state index in [0.29, 0.717) is 25.0 Å². The molecule has 3 fully saturated rings. The van der Waals surface area contributed by atoms with Gasteiger partial charge in [0, 0.05) is 18.3 Å². The summed E-state index contributed by atoms with van der Waals surface area (Å²) in [5.41, 5.74) is -1.90. The van der Waals surface area contributed by atoms with E-state index in [-0.39, 0.29) is 67.0 Å². The standard InChI is InChI=1S/C35H52N2O10S/c1-19(2)30(31(43)36-24(32(44)45)12-15-48-5)37-27(41)8-9-28(42)47-18-26(40)35(46)14-11-23-22-7-6-20-16-21(38)10-13-33(20,3)29(22)25(39)17-34(23,35)4/h16,19,22-25,29-30,39,46H,6-15,17-18H2,1-5H3,(H,36,43)(H,37,41)(H,44,45)/t22-,23+,24-,25+,29+,30-,33+,34+,35+/m1/s1. The summed E-state index contributed by atoms with van der Waals surface area (Å²) >= 11 is 1.45. The first-order valence-electron chi connectivity index (χ1n) is 17.1. The Bertz CT molecular complexity index is 1330. The molecule has 4 rings (SSSR count). The lowest BCUT2D eigenvalue weighted by Gasteiger charge is -2.60. The number of Topliss-reactive ketones (excluding diaryl/α,β-unsaturated/α-hetero) is 1. The van der Waals surface area contributed by atoms with Crippen LogP contribution in [0.2, 0.25) is 0 Å². The SMILES string of the molecule is CSCC[C@@H](NC(=O)[C@H](NC(=O)CCC(=O)OCC(=O)[C@@]1(O)CC[C@H]2[C@H]3CCC4=CC(=O)CC[C@]4(C)[C@@H]3[C@@H](O)C[C@@]21C)C(C)C)C(=O)O. The maximum atomic E-state index is 13.5. The Morgan fingerprint density at radius 2 is 1.77 bits per heavy atom. The van der Waals surface area contributed by atoms with Crippen molar-refractivity contribution in [3.8, 4) is 0 Å². The van der Waals surface area contributed by atoms with Gasteiger partial charge in [0.2, 0.25) is 17.6 Å². The summed E-state index contributed by atoms with van der Waals surface area (Å²) in [4.78, 5) is 75.3. The van der Waals surface area contributed by atoms with Gasteiger partial charge in [-0.05, 0) is 92.1 Å². The summed E-state index contributed by atoms with van der Waals surface area (Å²) in [6.45, 7) is 6.73. The number of thioether (sulfide) groups is 1. The zero-order valence-electron chi connectivity index (χ0n) is 28.7. The Morgan fingerprint density at radius 3 is 2.42 bits per heavy atom. The van der Waals surface area contributed by atoms with Gasteiger partial charge in [-0.3, -0.25) is 24.0 Å². The van der Waals surface area contributed by atoms with Gasteiger partial charge >= 0.3 is 11.9 Å². The number of carbonyl (C=O) groups excluding carboxylic acids is 5. The zero-order chi connectivity index (χ0) is 35.6. The Labute approximate surface area is 286 Å². The number of ketones is 2. The normalized spacial score (nSPS) is 33.8. The third-order valence-electron chi connectivity index (χ3n) is 11.9. The smallest absolute Gasteiger partial charge is 0.326 e. The summed E-state index contributed by atoms with van der Waals surface area (Å²) in [6.07, 6.45) is 6.04. The van der Waals surface area contributed by atoms with Crippen molar-refractivity contribution in [3.05, 3.63) is 11.6 Å². The molecule has 5 N–H and O–H groups in total. The van der Waals surface area contributed by atoms with Crippen molar-refractivity contribution in [2.45, 2.75) is 116 Å². The number of carbonyl (C=O) groups is 6. The third kappa shape index (κ3) is 7.38. The molecule has 2 amide bonds. The number of esters is 1.